The van der Waals surface area contributed by atoms with E-state index in [4.69, 9.17) is 0 Å². The first-order chi connectivity index (χ1) is 6.77. The first-order valence-corrected chi connectivity index (χ1v) is 5.73. The van der Waals surface area contributed by atoms with Crippen LogP contribution in [-0.2, 0) is 4.79 Å². The number of nitrogens with one attached hydrogen (secondary N) is 2. The highest BCUT2D eigenvalue weighted by atomic mass is 16.1. The van der Waals surface area contributed by atoms with Crippen molar-refractivity contribution in [2.45, 2.75) is 45.1 Å². The lowest BCUT2D eigenvalue weighted by atomic mass is 9.85. The van der Waals surface area contributed by atoms with E-state index in [1.807, 2.05) is 7.05 Å². The normalized spacial score (nSPS) is 27.3. The summed E-state index contributed by atoms with van der Waals surface area (Å²) in [7, 11) is 2.00. The lowest BCUT2D eigenvalue weighted by molar-refractivity contribution is -0.126. The van der Waals surface area contributed by atoms with Crippen LogP contribution in [0.5, 0.6) is 0 Å². The van der Waals surface area contributed by atoms with Crippen LogP contribution in [0.25, 0.3) is 0 Å². The van der Waals surface area contributed by atoms with Crippen LogP contribution in [0.15, 0.2) is 0 Å². The topological polar surface area (TPSA) is 41.1 Å². The fraction of sp³-hybridized carbons (Fsp3) is 0.909. The molecule has 1 aliphatic rings. The number of amides is 1. The van der Waals surface area contributed by atoms with Gasteiger partial charge in [-0.2, -0.15) is 0 Å². The Morgan fingerprint density at radius 1 is 1.29 bits per heavy atom. The van der Waals surface area contributed by atoms with Crippen LogP contribution in [0.1, 0.15) is 39.0 Å². The zero-order valence-electron chi connectivity index (χ0n) is 9.31. The largest absolute Gasteiger partial charge is 0.356 e. The summed E-state index contributed by atoms with van der Waals surface area (Å²) < 4.78 is 0. The predicted molar refractivity (Wildman–Crippen MR) is 58.1 cm³/mol. The van der Waals surface area contributed by atoms with Gasteiger partial charge in [-0.3, -0.25) is 4.79 Å². The molecule has 0 aromatic heterocycles. The molecule has 0 bridgehead atoms. The molecule has 0 saturated heterocycles. The van der Waals surface area contributed by atoms with Gasteiger partial charge in [-0.1, -0.05) is 6.92 Å². The van der Waals surface area contributed by atoms with Gasteiger partial charge in [-0.15, -0.1) is 0 Å². The standard InChI is InChI=1S/C11H22N2O/c1-3-8-13-11(14)9-4-6-10(12-2)7-5-9/h9-10,12H,3-8H2,1-2H3,(H,13,14). The third-order valence-corrected chi connectivity index (χ3v) is 3.06. The Bertz CT molecular complexity index is 174. The molecule has 1 amide bonds. The van der Waals surface area contributed by atoms with Crippen LogP contribution in [0.2, 0.25) is 0 Å². The fourth-order valence-corrected chi connectivity index (χ4v) is 2.04. The second-order valence-electron chi connectivity index (χ2n) is 4.13. The van der Waals surface area contributed by atoms with Crippen molar-refractivity contribution in [3.05, 3.63) is 0 Å². The van der Waals surface area contributed by atoms with E-state index in [1.54, 1.807) is 0 Å². The molecular weight excluding hydrogens is 176 g/mol. The van der Waals surface area contributed by atoms with Gasteiger partial charge in [0.25, 0.3) is 0 Å². The van der Waals surface area contributed by atoms with Crippen LogP contribution in [0, 0.1) is 5.92 Å². The Kier molecular flexibility index (Phi) is 4.94. The highest BCUT2D eigenvalue weighted by Crippen LogP contribution is 2.24. The molecule has 2 N–H and O–H groups in total. The Morgan fingerprint density at radius 2 is 1.93 bits per heavy atom. The molecule has 14 heavy (non-hydrogen) atoms. The maximum atomic E-state index is 11.6. The van der Waals surface area contributed by atoms with E-state index in [-0.39, 0.29) is 11.8 Å². The van der Waals surface area contributed by atoms with E-state index in [0.29, 0.717) is 6.04 Å². The first kappa shape index (κ1) is 11.5. The van der Waals surface area contributed by atoms with Gasteiger partial charge < -0.3 is 10.6 Å². The molecule has 0 heterocycles. The number of rotatable bonds is 4. The van der Waals surface area contributed by atoms with E-state index < -0.39 is 0 Å². The molecule has 0 aromatic carbocycles. The van der Waals surface area contributed by atoms with Gasteiger partial charge in [0.05, 0.1) is 0 Å². The van der Waals surface area contributed by atoms with Gasteiger partial charge in [0.1, 0.15) is 0 Å². The Hall–Kier alpha value is -0.570. The summed E-state index contributed by atoms with van der Waals surface area (Å²) in [5, 5.41) is 6.25. The quantitative estimate of drug-likeness (QED) is 0.714. The molecule has 0 atom stereocenters. The zero-order chi connectivity index (χ0) is 10.4. The monoisotopic (exact) mass is 198 g/mol. The van der Waals surface area contributed by atoms with Gasteiger partial charge in [0.2, 0.25) is 5.91 Å². The van der Waals surface area contributed by atoms with E-state index in [2.05, 4.69) is 17.6 Å². The highest BCUT2D eigenvalue weighted by molar-refractivity contribution is 5.78. The molecule has 3 heteroatoms. The van der Waals surface area contributed by atoms with E-state index in [9.17, 15) is 4.79 Å². The van der Waals surface area contributed by atoms with Crippen molar-refractivity contribution in [2.75, 3.05) is 13.6 Å². The second kappa shape index (κ2) is 6.02. The van der Waals surface area contributed by atoms with Crippen LogP contribution >= 0.6 is 0 Å². The Morgan fingerprint density at radius 3 is 2.43 bits per heavy atom. The Balaban J connectivity index is 2.23. The molecule has 1 saturated carbocycles. The molecule has 0 spiro atoms. The second-order valence-corrected chi connectivity index (χ2v) is 4.13. The zero-order valence-corrected chi connectivity index (χ0v) is 9.31. The smallest absolute Gasteiger partial charge is 0.223 e. The summed E-state index contributed by atoms with van der Waals surface area (Å²) in [5.74, 6) is 0.535. The Labute approximate surface area is 86.6 Å². The van der Waals surface area contributed by atoms with Crippen molar-refractivity contribution in [2.24, 2.45) is 5.92 Å². The molecule has 1 aliphatic carbocycles. The van der Waals surface area contributed by atoms with Gasteiger partial charge >= 0.3 is 0 Å². The van der Waals surface area contributed by atoms with Gasteiger partial charge in [-0.25, -0.2) is 0 Å². The summed E-state index contributed by atoms with van der Waals surface area (Å²) >= 11 is 0. The predicted octanol–water partition coefficient (Wildman–Crippen LogP) is 1.29. The molecule has 0 unspecified atom stereocenters. The molecule has 0 aromatic rings. The van der Waals surface area contributed by atoms with Crippen molar-refractivity contribution < 1.29 is 4.79 Å². The number of carbonyl (C=O) groups excluding carboxylic acids is 1. The number of hydrogen-bond donors (Lipinski definition) is 2. The maximum Gasteiger partial charge on any atom is 0.223 e. The van der Waals surface area contributed by atoms with Crippen molar-refractivity contribution in [3.63, 3.8) is 0 Å². The SMILES string of the molecule is CCCNC(=O)C1CCC(NC)CC1. The van der Waals surface area contributed by atoms with Crippen LogP contribution < -0.4 is 10.6 Å². The molecule has 82 valence electrons. The van der Waals surface area contributed by atoms with Crippen molar-refractivity contribution >= 4 is 5.91 Å². The summed E-state index contributed by atoms with van der Waals surface area (Å²) in [6, 6.07) is 0.630. The van der Waals surface area contributed by atoms with Crippen LogP contribution in [-0.4, -0.2) is 25.5 Å². The molecular formula is C11H22N2O. The van der Waals surface area contributed by atoms with Gasteiger partial charge in [-0.05, 0) is 39.2 Å². The molecule has 1 rings (SSSR count). The maximum absolute atomic E-state index is 11.6. The van der Waals surface area contributed by atoms with Gasteiger partial charge in [0.15, 0.2) is 0 Å². The molecule has 0 radical (unpaired) electrons. The van der Waals surface area contributed by atoms with Crippen molar-refractivity contribution in [1.82, 2.24) is 10.6 Å². The summed E-state index contributed by atoms with van der Waals surface area (Å²) in [6.07, 6.45) is 5.39. The van der Waals surface area contributed by atoms with Crippen LogP contribution in [0.3, 0.4) is 0 Å². The first-order valence-electron chi connectivity index (χ1n) is 5.73. The lowest BCUT2D eigenvalue weighted by Crippen LogP contribution is -2.37. The molecule has 3 nitrogen and oxygen atoms in total. The molecule has 1 fully saturated rings. The summed E-state index contributed by atoms with van der Waals surface area (Å²) in [5.41, 5.74) is 0. The third kappa shape index (κ3) is 3.29. The third-order valence-electron chi connectivity index (χ3n) is 3.06. The minimum Gasteiger partial charge on any atom is -0.356 e. The van der Waals surface area contributed by atoms with E-state index >= 15 is 0 Å². The van der Waals surface area contributed by atoms with Crippen molar-refractivity contribution in [3.8, 4) is 0 Å². The van der Waals surface area contributed by atoms with Crippen molar-refractivity contribution in [1.29, 1.82) is 0 Å². The fourth-order valence-electron chi connectivity index (χ4n) is 2.04. The summed E-state index contributed by atoms with van der Waals surface area (Å²) in [6.45, 7) is 2.91. The minimum absolute atomic E-state index is 0.265. The lowest BCUT2D eigenvalue weighted by Gasteiger charge is -2.27. The number of hydrogen-bond acceptors (Lipinski definition) is 2. The van der Waals surface area contributed by atoms with E-state index in [1.165, 1.54) is 0 Å². The molecule has 0 aliphatic heterocycles. The van der Waals surface area contributed by atoms with E-state index in [0.717, 1.165) is 38.6 Å². The van der Waals surface area contributed by atoms with Gasteiger partial charge in [0, 0.05) is 18.5 Å². The highest BCUT2D eigenvalue weighted by Gasteiger charge is 2.24. The number of carbonyl (C=O) groups is 1. The van der Waals surface area contributed by atoms with Crippen LogP contribution in [0.4, 0.5) is 0 Å². The average molecular weight is 198 g/mol. The summed E-state index contributed by atoms with van der Waals surface area (Å²) in [4.78, 5) is 11.6. The average Bonchev–Trinajstić information content (AvgIpc) is 2.26. The minimum atomic E-state index is 0.265.